The zero-order chi connectivity index (χ0) is 12.3. The fourth-order valence-electron chi connectivity index (χ4n) is 1.79. The van der Waals surface area contributed by atoms with Crippen LogP contribution in [0.4, 0.5) is 0 Å². The van der Waals surface area contributed by atoms with Gasteiger partial charge in [-0.1, -0.05) is 35.0 Å². The van der Waals surface area contributed by atoms with E-state index in [2.05, 4.69) is 71.5 Å². The highest BCUT2D eigenvalue weighted by atomic mass is 79.9. The molecule has 0 aliphatic carbocycles. The fourth-order valence-corrected chi connectivity index (χ4v) is 3.22. The number of rotatable bonds is 4. The molecule has 1 heterocycles. The summed E-state index contributed by atoms with van der Waals surface area (Å²) in [6.07, 6.45) is 0. The second kappa shape index (κ2) is 5.80. The van der Waals surface area contributed by atoms with Crippen molar-refractivity contribution in [2.24, 2.45) is 0 Å². The van der Waals surface area contributed by atoms with Crippen molar-refractivity contribution in [2.45, 2.75) is 19.9 Å². The highest BCUT2D eigenvalue weighted by Gasteiger charge is 2.08. The minimum Gasteiger partial charge on any atom is -0.310 e. The van der Waals surface area contributed by atoms with E-state index in [9.17, 15) is 0 Å². The number of hydrogen-bond acceptors (Lipinski definition) is 2. The Balaban J connectivity index is 2.23. The molecule has 3 heteroatoms. The molecule has 0 spiro atoms. The summed E-state index contributed by atoms with van der Waals surface area (Å²) in [5.74, 6) is 0. The maximum atomic E-state index is 3.51. The number of nitrogens with one attached hydrogen (secondary N) is 1. The first-order chi connectivity index (χ1) is 8.20. The lowest BCUT2D eigenvalue weighted by atomic mass is 10.2. The first kappa shape index (κ1) is 12.8. The number of thiophene rings is 1. The van der Waals surface area contributed by atoms with E-state index in [-0.39, 0.29) is 0 Å². The van der Waals surface area contributed by atoms with Gasteiger partial charge in [-0.3, -0.25) is 0 Å². The molecule has 1 aromatic carbocycles. The Kier molecular flexibility index (Phi) is 4.37. The van der Waals surface area contributed by atoms with Gasteiger partial charge in [0.1, 0.15) is 0 Å². The van der Waals surface area contributed by atoms with Crippen molar-refractivity contribution in [1.82, 2.24) is 5.32 Å². The van der Waals surface area contributed by atoms with Gasteiger partial charge in [0.15, 0.2) is 0 Å². The molecule has 2 rings (SSSR count). The van der Waals surface area contributed by atoms with Gasteiger partial charge >= 0.3 is 0 Å². The zero-order valence-electron chi connectivity index (χ0n) is 10.0. The molecule has 0 fully saturated rings. The highest BCUT2D eigenvalue weighted by Crippen LogP contribution is 2.32. The predicted molar refractivity (Wildman–Crippen MR) is 79.5 cm³/mol. The van der Waals surface area contributed by atoms with Crippen molar-refractivity contribution in [2.75, 3.05) is 6.54 Å². The molecule has 90 valence electrons. The molecule has 0 amide bonds. The van der Waals surface area contributed by atoms with Crippen LogP contribution in [0.1, 0.15) is 24.8 Å². The van der Waals surface area contributed by atoms with E-state index in [4.69, 9.17) is 0 Å². The van der Waals surface area contributed by atoms with Crippen molar-refractivity contribution < 1.29 is 0 Å². The third kappa shape index (κ3) is 3.18. The monoisotopic (exact) mass is 309 g/mol. The van der Waals surface area contributed by atoms with Crippen LogP contribution >= 0.6 is 27.3 Å². The van der Waals surface area contributed by atoms with Crippen LogP contribution in [0.15, 0.2) is 40.9 Å². The molecule has 17 heavy (non-hydrogen) atoms. The van der Waals surface area contributed by atoms with Crippen molar-refractivity contribution in [3.05, 3.63) is 45.7 Å². The summed E-state index contributed by atoms with van der Waals surface area (Å²) in [4.78, 5) is 2.72. The molecule has 0 aliphatic rings. The molecular weight excluding hydrogens is 294 g/mol. The lowest BCUT2D eigenvalue weighted by Crippen LogP contribution is -2.16. The molecular formula is C14H16BrNS. The van der Waals surface area contributed by atoms with E-state index < -0.39 is 0 Å². The van der Waals surface area contributed by atoms with Gasteiger partial charge in [-0.15, -0.1) is 11.3 Å². The normalized spacial score (nSPS) is 12.6. The summed E-state index contributed by atoms with van der Waals surface area (Å²) in [6, 6.07) is 13.3. The average Bonchev–Trinajstić information content (AvgIpc) is 2.78. The van der Waals surface area contributed by atoms with Crippen LogP contribution in [-0.2, 0) is 0 Å². The van der Waals surface area contributed by atoms with Gasteiger partial charge < -0.3 is 5.32 Å². The maximum absolute atomic E-state index is 3.51. The molecule has 2 aromatic rings. The van der Waals surface area contributed by atoms with Crippen molar-refractivity contribution in [1.29, 1.82) is 0 Å². The largest absolute Gasteiger partial charge is 0.310 e. The second-order valence-electron chi connectivity index (χ2n) is 3.99. The van der Waals surface area contributed by atoms with Crippen LogP contribution in [-0.4, -0.2) is 6.54 Å². The molecule has 1 unspecified atom stereocenters. The lowest BCUT2D eigenvalue weighted by molar-refractivity contribution is 0.607. The quantitative estimate of drug-likeness (QED) is 0.851. The third-order valence-electron chi connectivity index (χ3n) is 2.67. The molecule has 0 saturated carbocycles. The summed E-state index contributed by atoms with van der Waals surface area (Å²) < 4.78 is 1.13. The smallest absolute Gasteiger partial charge is 0.0386 e. The number of halogens is 1. The Labute approximate surface area is 115 Å². The van der Waals surface area contributed by atoms with Gasteiger partial charge in [-0.05, 0) is 43.3 Å². The Morgan fingerprint density at radius 2 is 2.12 bits per heavy atom. The number of hydrogen-bond donors (Lipinski definition) is 1. The van der Waals surface area contributed by atoms with E-state index in [0.29, 0.717) is 6.04 Å². The minimum absolute atomic E-state index is 0.436. The zero-order valence-corrected chi connectivity index (χ0v) is 12.4. The van der Waals surface area contributed by atoms with Gasteiger partial charge in [-0.25, -0.2) is 0 Å². The van der Waals surface area contributed by atoms with Gasteiger partial charge in [0.05, 0.1) is 0 Å². The van der Waals surface area contributed by atoms with Crippen LogP contribution < -0.4 is 5.32 Å². The molecule has 0 aliphatic heterocycles. The minimum atomic E-state index is 0.436. The molecule has 0 bridgehead atoms. The van der Waals surface area contributed by atoms with Crippen LogP contribution in [0.5, 0.6) is 0 Å². The van der Waals surface area contributed by atoms with Crippen molar-refractivity contribution >= 4 is 27.3 Å². The second-order valence-corrected chi connectivity index (χ2v) is 6.02. The molecule has 1 N–H and O–H groups in total. The molecule has 1 aromatic heterocycles. The molecule has 0 saturated heterocycles. The molecule has 1 nitrogen and oxygen atoms in total. The standard InChI is InChI=1S/C14H16BrNS/c1-3-16-10(2)13-7-8-14(17-13)11-5-4-6-12(15)9-11/h4-10,16H,3H2,1-2H3. The first-order valence-corrected chi connectivity index (χ1v) is 7.40. The Morgan fingerprint density at radius 1 is 1.29 bits per heavy atom. The summed E-state index contributed by atoms with van der Waals surface area (Å²) in [6.45, 7) is 5.35. The van der Waals surface area contributed by atoms with E-state index in [0.717, 1.165) is 11.0 Å². The Bertz CT molecular complexity index is 492. The van der Waals surface area contributed by atoms with E-state index in [1.807, 2.05) is 11.3 Å². The van der Waals surface area contributed by atoms with Crippen LogP contribution in [0.2, 0.25) is 0 Å². The number of benzene rings is 1. The predicted octanol–water partition coefficient (Wildman–Crippen LogP) is 4.85. The Hall–Kier alpha value is -0.640. The summed E-state index contributed by atoms with van der Waals surface area (Å²) in [7, 11) is 0. The van der Waals surface area contributed by atoms with Crippen LogP contribution in [0.25, 0.3) is 10.4 Å². The van der Waals surface area contributed by atoms with Gasteiger partial charge in [-0.2, -0.15) is 0 Å². The first-order valence-electron chi connectivity index (χ1n) is 5.79. The van der Waals surface area contributed by atoms with Gasteiger partial charge in [0, 0.05) is 20.3 Å². The lowest BCUT2D eigenvalue weighted by Gasteiger charge is -2.09. The maximum Gasteiger partial charge on any atom is 0.0386 e. The summed E-state index contributed by atoms with van der Waals surface area (Å²) >= 11 is 5.37. The van der Waals surface area contributed by atoms with Crippen LogP contribution in [0.3, 0.4) is 0 Å². The third-order valence-corrected chi connectivity index (χ3v) is 4.48. The van der Waals surface area contributed by atoms with E-state index in [1.165, 1.54) is 15.3 Å². The fraction of sp³-hybridized carbons (Fsp3) is 0.286. The van der Waals surface area contributed by atoms with Gasteiger partial charge in [0.2, 0.25) is 0 Å². The molecule has 1 atom stereocenters. The van der Waals surface area contributed by atoms with Crippen molar-refractivity contribution in [3.63, 3.8) is 0 Å². The molecule has 0 radical (unpaired) electrons. The van der Waals surface area contributed by atoms with Crippen LogP contribution in [0, 0.1) is 0 Å². The summed E-state index contributed by atoms with van der Waals surface area (Å²) in [5.41, 5.74) is 1.28. The van der Waals surface area contributed by atoms with E-state index in [1.54, 1.807) is 0 Å². The topological polar surface area (TPSA) is 12.0 Å². The highest BCUT2D eigenvalue weighted by molar-refractivity contribution is 9.10. The summed E-state index contributed by atoms with van der Waals surface area (Å²) in [5, 5.41) is 3.44. The van der Waals surface area contributed by atoms with E-state index >= 15 is 0 Å². The van der Waals surface area contributed by atoms with Gasteiger partial charge in [0.25, 0.3) is 0 Å². The average molecular weight is 310 g/mol. The van der Waals surface area contributed by atoms with Crippen molar-refractivity contribution in [3.8, 4) is 10.4 Å². The Morgan fingerprint density at radius 3 is 2.82 bits per heavy atom. The SMILES string of the molecule is CCNC(C)c1ccc(-c2cccc(Br)c2)s1.